The number of ether oxygens (including phenoxy) is 1. The number of amides is 2. The van der Waals surface area contributed by atoms with Crippen LogP contribution in [0.5, 0.6) is 5.88 Å². The van der Waals surface area contributed by atoms with Crippen molar-refractivity contribution in [1.29, 1.82) is 0 Å². The zero-order valence-electron chi connectivity index (χ0n) is 28.1. The number of aromatic nitrogens is 5. The Kier molecular flexibility index (Phi) is 8.07. The van der Waals surface area contributed by atoms with E-state index >= 15 is 0 Å². The van der Waals surface area contributed by atoms with Crippen LogP contribution >= 0.6 is 11.6 Å². The first-order valence-electron chi connectivity index (χ1n) is 17.3. The van der Waals surface area contributed by atoms with Crippen LogP contribution in [0.3, 0.4) is 0 Å². The number of methoxy groups -OCH3 is 1. The molecule has 1 aliphatic carbocycles. The van der Waals surface area contributed by atoms with E-state index < -0.39 is 0 Å². The molecule has 2 fully saturated rings. The summed E-state index contributed by atoms with van der Waals surface area (Å²) in [6, 6.07) is 13.2. The molecule has 0 unspecified atom stereocenters. The number of hydrogen-bond donors (Lipinski definition) is 2. The number of hydrogen-bond acceptors (Lipinski definition) is 7. The summed E-state index contributed by atoms with van der Waals surface area (Å²) < 4.78 is 10.1. The number of likely N-dealkylation sites (tertiary alicyclic amines) is 1. The Morgan fingerprint density at radius 1 is 1.06 bits per heavy atom. The molecule has 11 nitrogen and oxygen atoms in total. The molecule has 5 aromatic heterocycles. The van der Waals surface area contributed by atoms with Gasteiger partial charge in [0.05, 0.1) is 41.5 Å². The Balaban J connectivity index is 1.18. The first-order valence-corrected chi connectivity index (χ1v) is 17.7. The monoisotopic (exact) mass is 680 g/mol. The molecule has 1 saturated heterocycles. The summed E-state index contributed by atoms with van der Waals surface area (Å²) in [5.74, 6) is 0.847. The number of carbonyl (C=O) groups excluding carboxylic acids is 2. The highest BCUT2D eigenvalue weighted by atomic mass is 35.5. The fraction of sp³-hybridized carbons (Fsp3) is 0.432. The maximum atomic E-state index is 13.9. The fourth-order valence-corrected chi connectivity index (χ4v) is 8.33. The predicted octanol–water partition coefficient (Wildman–Crippen LogP) is 5.89. The lowest BCUT2D eigenvalue weighted by atomic mass is 9.94. The number of nitrogens with two attached hydrogens (primary N) is 1. The van der Waals surface area contributed by atoms with Gasteiger partial charge in [-0.3, -0.25) is 14.0 Å². The fourth-order valence-electron chi connectivity index (χ4n) is 8.16. The minimum Gasteiger partial charge on any atom is -0.482 e. The highest BCUT2D eigenvalue weighted by molar-refractivity contribution is 6.29. The summed E-state index contributed by atoms with van der Waals surface area (Å²) in [5.41, 5.74) is 13.2. The van der Waals surface area contributed by atoms with Crippen LogP contribution in [0.2, 0.25) is 5.15 Å². The number of fused-ring (bicyclic) bond motifs is 5. The van der Waals surface area contributed by atoms with Crippen molar-refractivity contribution in [1.82, 2.24) is 34.1 Å². The van der Waals surface area contributed by atoms with Crippen molar-refractivity contribution in [3.63, 3.8) is 0 Å². The van der Waals surface area contributed by atoms with Gasteiger partial charge < -0.3 is 25.3 Å². The number of piperidine rings is 1. The smallest absolute Gasteiger partial charge is 0.254 e. The number of imidazole rings is 1. The predicted molar refractivity (Wildman–Crippen MR) is 188 cm³/mol. The van der Waals surface area contributed by atoms with Gasteiger partial charge in [-0.1, -0.05) is 18.0 Å². The molecular formula is C37H41ClN8O3. The Bertz CT molecular complexity index is 2120. The number of rotatable bonds is 3. The number of nitrogens with one attached hydrogen (secondary N) is 1. The van der Waals surface area contributed by atoms with E-state index in [1.807, 2.05) is 41.3 Å². The second-order valence-electron chi connectivity index (χ2n) is 13.8. The molecule has 2 aliphatic heterocycles. The molecule has 0 spiro atoms. The van der Waals surface area contributed by atoms with Crippen LogP contribution in [0.4, 0.5) is 0 Å². The number of nitrogens with zero attached hydrogens (tertiary/aromatic N) is 6. The molecule has 4 atom stereocenters. The zero-order valence-corrected chi connectivity index (χ0v) is 28.8. The SMILES string of the molecule is COc1cc(C(=O)N2C[C@H](N)[C@@H]3CC[C@H]2C3)cc2nc(-c3cc4ccc5nc4n3CCCCCc3nc(Cl)ccc3C(=O)N[C@@H]5C)c(C)n12. The summed E-state index contributed by atoms with van der Waals surface area (Å²) >= 11 is 6.22. The third-order valence-electron chi connectivity index (χ3n) is 10.8. The van der Waals surface area contributed by atoms with E-state index in [9.17, 15) is 9.59 Å². The second kappa shape index (κ2) is 12.4. The van der Waals surface area contributed by atoms with Crippen molar-refractivity contribution in [2.24, 2.45) is 11.7 Å². The van der Waals surface area contributed by atoms with Crippen molar-refractivity contribution in [2.45, 2.75) is 83.5 Å². The van der Waals surface area contributed by atoms with Crippen molar-refractivity contribution < 1.29 is 14.3 Å². The lowest BCUT2D eigenvalue weighted by Gasteiger charge is -2.37. The Morgan fingerprint density at radius 3 is 2.76 bits per heavy atom. The molecule has 8 rings (SSSR count). The van der Waals surface area contributed by atoms with Crippen molar-refractivity contribution in [3.8, 4) is 17.3 Å². The number of pyridine rings is 3. The van der Waals surface area contributed by atoms with Crippen LogP contribution in [0.15, 0.2) is 42.5 Å². The highest BCUT2D eigenvalue weighted by Crippen LogP contribution is 2.38. The van der Waals surface area contributed by atoms with Gasteiger partial charge in [-0.05, 0) is 94.7 Å². The number of aryl methyl sites for hydroxylation is 3. The molecule has 49 heavy (non-hydrogen) atoms. The minimum absolute atomic E-state index is 0.0118. The van der Waals surface area contributed by atoms with Gasteiger partial charge in [0.1, 0.15) is 22.1 Å². The first-order chi connectivity index (χ1) is 23.7. The molecule has 0 aromatic carbocycles. The summed E-state index contributed by atoms with van der Waals surface area (Å²) in [4.78, 5) is 44.0. The van der Waals surface area contributed by atoms with Crippen molar-refractivity contribution >= 4 is 40.1 Å². The third kappa shape index (κ3) is 5.53. The lowest BCUT2D eigenvalue weighted by molar-refractivity contribution is 0.0603. The van der Waals surface area contributed by atoms with Crippen molar-refractivity contribution in [2.75, 3.05) is 13.7 Å². The van der Waals surface area contributed by atoms with Gasteiger partial charge in [0, 0.05) is 42.2 Å². The van der Waals surface area contributed by atoms with E-state index in [1.54, 1.807) is 19.2 Å². The third-order valence-corrected chi connectivity index (χ3v) is 11.0. The standard InChI is InChI=1S/C37H41ClN8O3/c1-20-28-12-9-23-16-30(44(35(23)42-28)14-6-4-5-7-29-26(36(47)40-20)11-13-31(38)41-29)34-21(2)46-32(43-34)17-24(18-33(46)49-3)37(48)45-19-27(39)22-8-10-25(45)15-22/h9,11-13,16-18,20,22,25,27H,4-8,10,14-15,19,39H2,1-3H3,(H,40,47)/t20-,22-,25+,27+/m1/s1. The average molecular weight is 681 g/mol. The van der Waals surface area contributed by atoms with E-state index in [-0.39, 0.29) is 29.9 Å². The van der Waals surface area contributed by atoms with Crippen LogP contribution in [0, 0.1) is 12.8 Å². The zero-order chi connectivity index (χ0) is 34.0. The molecule has 12 heteroatoms. The van der Waals surface area contributed by atoms with E-state index in [4.69, 9.17) is 32.0 Å². The highest BCUT2D eigenvalue weighted by Gasteiger charge is 2.41. The van der Waals surface area contributed by atoms with Crippen LogP contribution < -0.4 is 15.8 Å². The normalized spacial score (nSPS) is 22.7. The molecular weight excluding hydrogens is 640 g/mol. The van der Waals surface area contributed by atoms with Gasteiger partial charge in [-0.15, -0.1) is 0 Å². The van der Waals surface area contributed by atoms with E-state index in [0.717, 1.165) is 78.9 Å². The van der Waals surface area contributed by atoms with Gasteiger partial charge in [-0.25, -0.2) is 15.0 Å². The largest absolute Gasteiger partial charge is 0.482 e. The second-order valence-corrected chi connectivity index (χ2v) is 14.2. The molecule has 3 aliphatic rings. The summed E-state index contributed by atoms with van der Waals surface area (Å²) in [5, 5.41) is 4.49. The van der Waals surface area contributed by atoms with E-state index in [1.165, 1.54) is 0 Å². The van der Waals surface area contributed by atoms with Crippen molar-refractivity contribution in [3.05, 3.63) is 75.8 Å². The molecule has 4 bridgehead atoms. The Labute approximate surface area is 289 Å². The summed E-state index contributed by atoms with van der Waals surface area (Å²) in [6.07, 6.45) is 6.40. The minimum atomic E-state index is -0.336. The van der Waals surface area contributed by atoms with Gasteiger partial charge in [-0.2, -0.15) is 0 Å². The Hall–Kier alpha value is -4.48. The Morgan fingerprint density at radius 2 is 1.92 bits per heavy atom. The summed E-state index contributed by atoms with van der Waals surface area (Å²) in [6.45, 7) is 5.28. The molecule has 2 amide bonds. The van der Waals surface area contributed by atoms with Gasteiger partial charge in [0.2, 0.25) is 0 Å². The molecule has 5 aromatic rings. The number of carbonyl (C=O) groups is 2. The molecule has 3 N–H and O–H groups in total. The summed E-state index contributed by atoms with van der Waals surface area (Å²) in [7, 11) is 1.62. The first kappa shape index (κ1) is 31.8. The van der Waals surface area contributed by atoms with Gasteiger partial charge in [0.15, 0.2) is 5.88 Å². The molecule has 254 valence electrons. The maximum absolute atomic E-state index is 13.9. The lowest BCUT2D eigenvalue weighted by Crippen LogP contribution is -2.51. The van der Waals surface area contributed by atoms with E-state index in [2.05, 4.69) is 27.0 Å². The van der Waals surface area contributed by atoms with Crippen LogP contribution in [-0.4, -0.2) is 66.4 Å². The topological polar surface area (TPSA) is 133 Å². The quantitative estimate of drug-likeness (QED) is 0.227. The van der Waals surface area contributed by atoms with Gasteiger partial charge >= 0.3 is 0 Å². The van der Waals surface area contributed by atoms with E-state index in [0.29, 0.717) is 52.4 Å². The van der Waals surface area contributed by atoms with Crippen LogP contribution in [0.25, 0.3) is 28.1 Å². The average Bonchev–Trinajstić information content (AvgIpc) is 3.78. The van der Waals surface area contributed by atoms with Crippen LogP contribution in [0.1, 0.15) is 89.3 Å². The number of halogens is 1. The molecule has 1 saturated carbocycles. The van der Waals surface area contributed by atoms with Crippen LogP contribution in [-0.2, 0) is 13.0 Å². The molecule has 0 radical (unpaired) electrons. The molecule has 7 heterocycles. The maximum Gasteiger partial charge on any atom is 0.254 e. The van der Waals surface area contributed by atoms with Gasteiger partial charge in [0.25, 0.3) is 11.8 Å².